The normalized spacial score (nSPS) is 10.5. The largest absolute Gasteiger partial charge is 0.494 e. The van der Waals surface area contributed by atoms with Crippen LogP contribution < -0.4 is 10.1 Å². The van der Waals surface area contributed by atoms with Crippen LogP contribution in [0.3, 0.4) is 0 Å². The molecular weight excluding hydrogens is 279 g/mol. The number of halogens is 3. The molecule has 0 aliphatic carbocycles. The van der Waals surface area contributed by atoms with Gasteiger partial charge in [-0.15, -0.1) is 0 Å². The molecule has 0 saturated carbocycles. The standard InChI is InChI=1S/C16H16F3NO/c1-11-3-5-12(6-4-11)21-10-2-9-20-14-8-7-13(17)15(18)16(14)19/h3-8,20H,2,9-10H2,1H3. The van der Waals surface area contributed by atoms with Crippen molar-refractivity contribution >= 4 is 5.69 Å². The third-order valence-electron chi connectivity index (χ3n) is 2.96. The van der Waals surface area contributed by atoms with Crippen molar-refractivity contribution in [3.63, 3.8) is 0 Å². The topological polar surface area (TPSA) is 21.3 Å². The van der Waals surface area contributed by atoms with E-state index in [-0.39, 0.29) is 5.69 Å². The first-order chi connectivity index (χ1) is 10.1. The maximum Gasteiger partial charge on any atom is 0.196 e. The lowest BCUT2D eigenvalue weighted by molar-refractivity contribution is 0.315. The molecule has 0 fully saturated rings. The van der Waals surface area contributed by atoms with Gasteiger partial charge in [-0.3, -0.25) is 0 Å². The minimum atomic E-state index is -1.46. The van der Waals surface area contributed by atoms with Crippen molar-refractivity contribution in [1.82, 2.24) is 0 Å². The first kappa shape index (κ1) is 15.2. The quantitative estimate of drug-likeness (QED) is 0.634. The van der Waals surface area contributed by atoms with Crippen molar-refractivity contribution in [2.45, 2.75) is 13.3 Å². The van der Waals surface area contributed by atoms with E-state index in [0.29, 0.717) is 19.6 Å². The van der Waals surface area contributed by atoms with Crippen LogP contribution in [0.25, 0.3) is 0 Å². The highest BCUT2D eigenvalue weighted by atomic mass is 19.2. The molecule has 0 aliphatic heterocycles. The van der Waals surface area contributed by atoms with E-state index >= 15 is 0 Å². The summed E-state index contributed by atoms with van der Waals surface area (Å²) in [7, 11) is 0. The molecule has 0 aromatic heterocycles. The molecule has 0 spiro atoms. The van der Waals surface area contributed by atoms with E-state index < -0.39 is 17.5 Å². The van der Waals surface area contributed by atoms with Crippen LogP contribution in [-0.2, 0) is 0 Å². The fraction of sp³-hybridized carbons (Fsp3) is 0.250. The Labute approximate surface area is 121 Å². The molecule has 21 heavy (non-hydrogen) atoms. The van der Waals surface area contributed by atoms with Crippen molar-refractivity contribution in [1.29, 1.82) is 0 Å². The lowest BCUT2D eigenvalue weighted by atomic mass is 10.2. The summed E-state index contributed by atoms with van der Waals surface area (Å²) in [6.07, 6.45) is 0.603. The van der Waals surface area contributed by atoms with Crippen LogP contribution in [0.4, 0.5) is 18.9 Å². The second kappa shape index (κ2) is 7.02. The molecule has 0 atom stereocenters. The predicted molar refractivity (Wildman–Crippen MR) is 76.1 cm³/mol. The van der Waals surface area contributed by atoms with Gasteiger partial charge in [0.1, 0.15) is 5.75 Å². The van der Waals surface area contributed by atoms with Gasteiger partial charge in [-0.25, -0.2) is 13.2 Å². The Bertz CT molecular complexity index is 599. The highest BCUT2D eigenvalue weighted by molar-refractivity contribution is 5.45. The molecule has 5 heteroatoms. The minimum absolute atomic E-state index is 0.0516. The van der Waals surface area contributed by atoms with E-state index in [1.807, 2.05) is 31.2 Å². The number of aryl methyl sites for hydroxylation is 1. The summed E-state index contributed by atoms with van der Waals surface area (Å²) in [5.41, 5.74) is 1.10. The number of anilines is 1. The summed E-state index contributed by atoms with van der Waals surface area (Å²) in [6, 6.07) is 9.71. The van der Waals surface area contributed by atoms with Gasteiger partial charge in [0.2, 0.25) is 0 Å². The Kier molecular flexibility index (Phi) is 5.09. The minimum Gasteiger partial charge on any atom is -0.494 e. The van der Waals surface area contributed by atoms with Gasteiger partial charge in [-0.05, 0) is 37.6 Å². The Morgan fingerprint density at radius 1 is 0.952 bits per heavy atom. The zero-order valence-electron chi connectivity index (χ0n) is 11.6. The molecule has 0 aliphatic rings. The molecule has 2 aromatic carbocycles. The van der Waals surface area contributed by atoms with E-state index in [2.05, 4.69) is 5.32 Å². The van der Waals surface area contributed by atoms with Gasteiger partial charge in [0.05, 0.1) is 12.3 Å². The number of nitrogens with one attached hydrogen (secondary N) is 1. The summed E-state index contributed by atoms with van der Waals surface area (Å²) >= 11 is 0. The summed E-state index contributed by atoms with van der Waals surface area (Å²) in [5.74, 6) is -3.09. The number of hydrogen-bond donors (Lipinski definition) is 1. The Morgan fingerprint density at radius 3 is 2.38 bits per heavy atom. The van der Waals surface area contributed by atoms with Gasteiger partial charge in [0.15, 0.2) is 17.5 Å². The Hall–Kier alpha value is -2.17. The fourth-order valence-electron chi connectivity index (χ4n) is 1.78. The van der Waals surface area contributed by atoms with Crippen LogP contribution in [0.5, 0.6) is 5.75 Å². The summed E-state index contributed by atoms with van der Waals surface area (Å²) < 4.78 is 44.6. The van der Waals surface area contributed by atoms with Crippen LogP contribution in [0.1, 0.15) is 12.0 Å². The highest BCUT2D eigenvalue weighted by Gasteiger charge is 2.12. The number of benzene rings is 2. The summed E-state index contributed by atoms with van der Waals surface area (Å²) in [5, 5.41) is 2.71. The highest BCUT2D eigenvalue weighted by Crippen LogP contribution is 2.19. The van der Waals surface area contributed by atoms with E-state index in [9.17, 15) is 13.2 Å². The summed E-state index contributed by atoms with van der Waals surface area (Å²) in [6.45, 7) is 2.83. The third-order valence-corrected chi connectivity index (χ3v) is 2.96. The van der Waals surface area contributed by atoms with Crippen molar-refractivity contribution in [3.8, 4) is 5.75 Å². The van der Waals surface area contributed by atoms with Crippen LogP contribution in [-0.4, -0.2) is 13.2 Å². The van der Waals surface area contributed by atoms with Crippen molar-refractivity contribution in [2.24, 2.45) is 0 Å². The number of ether oxygens (including phenoxy) is 1. The second-order valence-corrected chi connectivity index (χ2v) is 4.66. The lowest BCUT2D eigenvalue weighted by Gasteiger charge is -2.09. The van der Waals surface area contributed by atoms with Gasteiger partial charge in [0, 0.05) is 6.54 Å². The molecule has 0 saturated heterocycles. The van der Waals surface area contributed by atoms with Crippen molar-refractivity contribution in [2.75, 3.05) is 18.5 Å². The monoisotopic (exact) mass is 295 g/mol. The van der Waals surface area contributed by atoms with Crippen LogP contribution in [0, 0.1) is 24.4 Å². The Balaban J connectivity index is 1.75. The van der Waals surface area contributed by atoms with Crippen molar-refractivity contribution < 1.29 is 17.9 Å². The van der Waals surface area contributed by atoms with Gasteiger partial charge < -0.3 is 10.1 Å². The van der Waals surface area contributed by atoms with E-state index in [1.54, 1.807) is 0 Å². The molecule has 112 valence electrons. The zero-order valence-corrected chi connectivity index (χ0v) is 11.6. The second-order valence-electron chi connectivity index (χ2n) is 4.66. The van der Waals surface area contributed by atoms with Crippen LogP contribution in [0.15, 0.2) is 36.4 Å². The molecule has 0 amide bonds. The van der Waals surface area contributed by atoms with Gasteiger partial charge in [0.25, 0.3) is 0 Å². The lowest BCUT2D eigenvalue weighted by Crippen LogP contribution is -2.09. The third kappa shape index (κ3) is 4.15. The maximum atomic E-state index is 13.4. The van der Waals surface area contributed by atoms with Gasteiger partial charge >= 0.3 is 0 Å². The SMILES string of the molecule is Cc1ccc(OCCCNc2ccc(F)c(F)c2F)cc1. The molecule has 1 N–H and O–H groups in total. The maximum absolute atomic E-state index is 13.4. The Morgan fingerprint density at radius 2 is 1.67 bits per heavy atom. The zero-order chi connectivity index (χ0) is 15.2. The first-order valence-corrected chi connectivity index (χ1v) is 6.65. The molecule has 2 rings (SSSR count). The van der Waals surface area contributed by atoms with Gasteiger partial charge in [-0.2, -0.15) is 0 Å². The molecular formula is C16H16F3NO. The van der Waals surface area contributed by atoms with Gasteiger partial charge in [-0.1, -0.05) is 17.7 Å². The van der Waals surface area contributed by atoms with E-state index in [1.165, 1.54) is 6.07 Å². The number of rotatable bonds is 6. The summed E-state index contributed by atoms with van der Waals surface area (Å²) in [4.78, 5) is 0. The average Bonchev–Trinajstić information content (AvgIpc) is 2.48. The smallest absolute Gasteiger partial charge is 0.196 e. The molecule has 0 unspecified atom stereocenters. The van der Waals surface area contributed by atoms with E-state index in [0.717, 1.165) is 17.4 Å². The first-order valence-electron chi connectivity index (χ1n) is 6.65. The molecule has 0 heterocycles. The molecule has 0 bridgehead atoms. The average molecular weight is 295 g/mol. The predicted octanol–water partition coefficient (Wildman–Crippen LogP) is 4.29. The molecule has 0 radical (unpaired) electrons. The molecule has 2 aromatic rings. The molecule has 2 nitrogen and oxygen atoms in total. The van der Waals surface area contributed by atoms with Crippen molar-refractivity contribution in [3.05, 3.63) is 59.4 Å². The fourth-order valence-corrected chi connectivity index (χ4v) is 1.78. The number of hydrogen-bond acceptors (Lipinski definition) is 2. The van der Waals surface area contributed by atoms with Crippen LogP contribution >= 0.6 is 0 Å². The van der Waals surface area contributed by atoms with Crippen LogP contribution in [0.2, 0.25) is 0 Å². The van der Waals surface area contributed by atoms with E-state index in [4.69, 9.17) is 4.74 Å².